The number of fused-ring (bicyclic) bond motifs is 1. The molecule has 0 aliphatic heterocycles. The summed E-state index contributed by atoms with van der Waals surface area (Å²) in [5.41, 5.74) is 3.61. The summed E-state index contributed by atoms with van der Waals surface area (Å²) in [6.07, 6.45) is 3.51. The second-order valence-electron chi connectivity index (χ2n) is 3.97. The molecule has 0 saturated heterocycles. The number of hydrogen-bond acceptors (Lipinski definition) is 3. The van der Waals surface area contributed by atoms with Gasteiger partial charge in [0.15, 0.2) is 5.65 Å². The molecule has 2 aromatic heterocycles. The molecule has 0 N–H and O–H groups in total. The lowest BCUT2D eigenvalue weighted by molar-refractivity contribution is 0.771. The highest BCUT2D eigenvalue weighted by Gasteiger charge is 2.10. The monoisotopic (exact) mass is 258 g/mol. The lowest BCUT2D eigenvalue weighted by Gasteiger charge is -2.03. The maximum absolute atomic E-state index is 6.02. The van der Waals surface area contributed by atoms with Gasteiger partial charge < -0.3 is 4.57 Å². The van der Waals surface area contributed by atoms with Crippen LogP contribution in [0, 0.1) is 0 Å². The van der Waals surface area contributed by atoms with Crippen molar-refractivity contribution < 1.29 is 0 Å². The average Bonchev–Trinajstić information content (AvgIpc) is 2.81. The maximum atomic E-state index is 6.02. The van der Waals surface area contributed by atoms with Crippen molar-refractivity contribution in [3.05, 3.63) is 41.8 Å². The fraction of sp³-hybridized carbons (Fsp3) is 0.154. The van der Waals surface area contributed by atoms with Gasteiger partial charge in [-0.3, -0.25) is 0 Å². The second-order valence-corrected chi connectivity index (χ2v) is 4.41. The van der Waals surface area contributed by atoms with E-state index in [4.69, 9.17) is 11.6 Å². The van der Waals surface area contributed by atoms with Crippen molar-refractivity contribution in [3.63, 3.8) is 0 Å². The van der Waals surface area contributed by atoms with Crippen LogP contribution >= 0.6 is 11.6 Å². The highest BCUT2D eigenvalue weighted by molar-refractivity contribution is 6.30. The molecule has 0 aliphatic rings. The molecule has 0 saturated carbocycles. The largest absolute Gasteiger partial charge is 0.314 e. The van der Waals surface area contributed by atoms with Gasteiger partial charge in [-0.2, -0.15) is 5.10 Å². The molecular weight excluding hydrogens is 248 g/mol. The third-order valence-electron chi connectivity index (χ3n) is 2.88. The zero-order valence-electron chi connectivity index (χ0n) is 9.84. The summed E-state index contributed by atoms with van der Waals surface area (Å²) in [6, 6.07) is 7.67. The minimum Gasteiger partial charge on any atom is -0.314 e. The fourth-order valence-electron chi connectivity index (χ4n) is 1.97. The topological polar surface area (TPSA) is 43.6 Å². The number of hydrogen-bond donors (Lipinski definition) is 0. The van der Waals surface area contributed by atoms with E-state index >= 15 is 0 Å². The Balaban J connectivity index is 2.26. The van der Waals surface area contributed by atoms with E-state index in [1.54, 1.807) is 12.5 Å². The van der Waals surface area contributed by atoms with Crippen LogP contribution < -0.4 is 0 Å². The molecule has 0 fully saturated rings. The summed E-state index contributed by atoms with van der Waals surface area (Å²) in [7, 11) is 0. The quantitative estimate of drug-likeness (QED) is 0.709. The number of nitrogens with zero attached hydrogens (tertiary/aromatic N) is 4. The Hall–Kier alpha value is -1.94. The first-order valence-corrected chi connectivity index (χ1v) is 6.10. The Morgan fingerprint density at radius 2 is 2.22 bits per heavy atom. The molecule has 0 unspecified atom stereocenters. The van der Waals surface area contributed by atoms with E-state index in [9.17, 15) is 0 Å². The molecule has 90 valence electrons. The second kappa shape index (κ2) is 4.38. The van der Waals surface area contributed by atoms with Gasteiger partial charge in [-0.25, -0.2) is 4.98 Å². The predicted octanol–water partition coefficient (Wildman–Crippen LogP) is 3.17. The fourth-order valence-corrected chi connectivity index (χ4v) is 2.16. The lowest BCUT2D eigenvalue weighted by Crippen LogP contribution is -1.95. The van der Waals surface area contributed by atoms with E-state index in [0.717, 1.165) is 28.8 Å². The van der Waals surface area contributed by atoms with Gasteiger partial charge in [0.25, 0.3) is 0 Å². The van der Waals surface area contributed by atoms with Crippen molar-refractivity contribution in [3.8, 4) is 11.1 Å². The lowest BCUT2D eigenvalue weighted by atomic mass is 10.1. The Bertz CT molecular complexity index is 705. The SMILES string of the molecule is CCn1cnc2c(-c3cccc(Cl)c3)cnnc21. The van der Waals surface area contributed by atoms with E-state index in [2.05, 4.69) is 22.1 Å². The van der Waals surface area contributed by atoms with Gasteiger partial charge in [-0.15, -0.1) is 5.10 Å². The molecule has 4 nitrogen and oxygen atoms in total. The Labute approximate surface area is 109 Å². The summed E-state index contributed by atoms with van der Waals surface area (Å²) < 4.78 is 1.97. The molecule has 2 heterocycles. The highest BCUT2D eigenvalue weighted by Crippen LogP contribution is 2.27. The molecule has 1 aromatic carbocycles. The Kier molecular flexibility index (Phi) is 2.72. The minimum atomic E-state index is 0.701. The Morgan fingerprint density at radius 3 is 3.00 bits per heavy atom. The van der Waals surface area contributed by atoms with Gasteiger partial charge in [-0.05, 0) is 24.6 Å². The number of aromatic nitrogens is 4. The standard InChI is InChI=1S/C13H11ClN4/c1-2-18-8-15-12-11(7-16-17-13(12)18)9-4-3-5-10(14)6-9/h3-8H,2H2,1H3. The average molecular weight is 259 g/mol. The van der Waals surface area contributed by atoms with Gasteiger partial charge >= 0.3 is 0 Å². The van der Waals surface area contributed by atoms with Crippen LogP contribution in [0.5, 0.6) is 0 Å². The number of benzene rings is 1. The van der Waals surface area contributed by atoms with Crippen LogP contribution in [0.4, 0.5) is 0 Å². The number of imidazole rings is 1. The first kappa shape index (κ1) is 11.2. The van der Waals surface area contributed by atoms with Crippen LogP contribution in [-0.2, 0) is 6.54 Å². The predicted molar refractivity (Wildman–Crippen MR) is 71.4 cm³/mol. The number of halogens is 1. The minimum absolute atomic E-state index is 0.701. The Morgan fingerprint density at radius 1 is 1.33 bits per heavy atom. The highest BCUT2D eigenvalue weighted by atomic mass is 35.5. The van der Waals surface area contributed by atoms with E-state index in [-0.39, 0.29) is 0 Å². The van der Waals surface area contributed by atoms with Crippen LogP contribution in [0.2, 0.25) is 5.02 Å². The van der Waals surface area contributed by atoms with Crippen LogP contribution in [0.3, 0.4) is 0 Å². The van der Waals surface area contributed by atoms with Crippen LogP contribution in [-0.4, -0.2) is 19.7 Å². The zero-order valence-corrected chi connectivity index (χ0v) is 10.6. The molecule has 0 atom stereocenters. The van der Waals surface area contributed by atoms with Gasteiger partial charge in [0.05, 0.1) is 12.5 Å². The van der Waals surface area contributed by atoms with E-state index in [1.165, 1.54) is 0 Å². The molecular formula is C13H11ClN4. The zero-order chi connectivity index (χ0) is 12.5. The maximum Gasteiger partial charge on any atom is 0.183 e. The van der Waals surface area contributed by atoms with Crippen molar-refractivity contribution in [1.82, 2.24) is 19.7 Å². The summed E-state index contributed by atoms with van der Waals surface area (Å²) in [5, 5.41) is 8.89. The van der Waals surface area contributed by atoms with Crippen molar-refractivity contribution in [1.29, 1.82) is 0 Å². The molecule has 0 amide bonds. The van der Waals surface area contributed by atoms with Crippen LogP contribution in [0.25, 0.3) is 22.3 Å². The van der Waals surface area contributed by atoms with Crippen molar-refractivity contribution in [2.75, 3.05) is 0 Å². The molecule has 3 rings (SSSR count). The molecule has 0 spiro atoms. The summed E-state index contributed by atoms with van der Waals surface area (Å²) in [4.78, 5) is 4.41. The summed E-state index contributed by atoms with van der Waals surface area (Å²) in [5.74, 6) is 0. The molecule has 3 aromatic rings. The van der Waals surface area contributed by atoms with Crippen molar-refractivity contribution >= 4 is 22.8 Å². The molecule has 0 bridgehead atoms. The van der Waals surface area contributed by atoms with E-state index in [0.29, 0.717) is 5.02 Å². The summed E-state index contributed by atoms with van der Waals surface area (Å²) >= 11 is 6.02. The van der Waals surface area contributed by atoms with E-state index in [1.807, 2.05) is 28.8 Å². The summed E-state index contributed by atoms with van der Waals surface area (Å²) in [6.45, 7) is 2.87. The van der Waals surface area contributed by atoms with Crippen LogP contribution in [0.15, 0.2) is 36.8 Å². The third-order valence-corrected chi connectivity index (χ3v) is 3.12. The third kappa shape index (κ3) is 1.75. The van der Waals surface area contributed by atoms with Gasteiger partial charge in [0.1, 0.15) is 5.52 Å². The molecule has 5 heteroatoms. The van der Waals surface area contributed by atoms with E-state index < -0.39 is 0 Å². The van der Waals surface area contributed by atoms with Gasteiger partial charge in [-0.1, -0.05) is 23.7 Å². The van der Waals surface area contributed by atoms with Crippen LogP contribution in [0.1, 0.15) is 6.92 Å². The van der Waals surface area contributed by atoms with Gasteiger partial charge in [0, 0.05) is 17.1 Å². The first-order chi connectivity index (χ1) is 8.79. The molecule has 18 heavy (non-hydrogen) atoms. The molecule has 0 radical (unpaired) electrons. The number of aryl methyl sites for hydroxylation is 1. The first-order valence-electron chi connectivity index (χ1n) is 5.72. The number of rotatable bonds is 2. The van der Waals surface area contributed by atoms with Gasteiger partial charge in [0.2, 0.25) is 0 Å². The van der Waals surface area contributed by atoms with Crippen molar-refractivity contribution in [2.45, 2.75) is 13.5 Å². The normalized spacial score (nSPS) is 11.0. The smallest absolute Gasteiger partial charge is 0.183 e. The van der Waals surface area contributed by atoms with Crippen molar-refractivity contribution in [2.24, 2.45) is 0 Å². The molecule has 0 aliphatic carbocycles.